The number of H-pyrrole nitrogens is 1. The molecule has 0 aliphatic heterocycles. The maximum absolute atomic E-state index is 12.0. The first-order valence-electron chi connectivity index (χ1n) is 4.64. The summed E-state index contributed by atoms with van der Waals surface area (Å²) in [6.45, 7) is 5.51. The Morgan fingerprint density at radius 1 is 1.33 bits per heavy atom. The second-order valence-electron chi connectivity index (χ2n) is 4.40. The smallest absolute Gasteiger partial charge is 0.306 e. The summed E-state index contributed by atoms with van der Waals surface area (Å²) in [6, 6.07) is 1.75. The zero-order valence-corrected chi connectivity index (χ0v) is 9.64. The summed E-state index contributed by atoms with van der Waals surface area (Å²) in [6.07, 6.45) is 0. The predicted octanol–water partition coefficient (Wildman–Crippen LogP) is 1.51. The van der Waals surface area contributed by atoms with E-state index in [9.17, 15) is 9.59 Å². The van der Waals surface area contributed by atoms with Crippen molar-refractivity contribution in [1.82, 2.24) is 9.55 Å². The van der Waals surface area contributed by atoms with Crippen molar-refractivity contribution in [3.63, 3.8) is 0 Å². The van der Waals surface area contributed by atoms with Crippen LogP contribution in [0.2, 0.25) is 0 Å². The summed E-state index contributed by atoms with van der Waals surface area (Å²) in [5.74, 6) is 0. The van der Waals surface area contributed by atoms with Gasteiger partial charge in [0.15, 0.2) is 0 Å². The summed E-state index contributed by atoms with van der Waals surface area (Å²) < 4.78 is 1.86. The molecule has 0 amide bonds. The van der Waals surface area contributed by atoms with Crippen LogP contribution in [0.25, 0.3) is 10.2 Å². The first kappa shape index (κ1) is 10.2. The SMILES string of the molecule is CC(C)(C)n1c(=O)[nH]c2ccsc2c1=O. The molecule has 0 radical (unpaired) electrons. The van der Waals surface area contributed by atoms with Crippen LogP contribution in [0.5, 0.6) is 0 Å². The molecule has 15 heavy (non-hydrogen) atoms. The van der Waals surface area contributed by atoms with Crippen LogP contribution < -0.4 is 11.2 Å². The van der Waals surface area contributed by atoms with Crippen LogP contribution in [0.4, 0.5) is 0 Å². The molecule has 4 nitrogen and oxygen atoms in total. The number of hydrogen-bond acceptors (Lipinski definition) is 3. The van der Waals surface area contributed by atoms with Gasteiger partial charge in [-0.15, -0.1) is 11.3 Å². The summed E-state index contributed by atoms with van der Waals surface area (Å²) >= 11 is 1.35. The standard InChI is InChI=1S/C10H12N2O2S/c1-10(2,3)12-8(13)7-6(4-5-15-7)11-9(12)14/h4-5H,1-3H3,(H,11,14). The second kappa shape index (κ2) is 3.06. The molecule has 0 atom stereocenters. The van der Waals surface area contributed by atoms with E-state index in [1.165, 1.54) is 15.9 Å². The molecule has 0 aliphatic carbocycles. The molecule has 0 fully saturated rings. The molecular formula is C10H12N2O2S. The van der Waals surface area contributed by atoms with E-state index in [1.807, 2.05) is 20.8 Å². The van der Waals surface area contributed by atoms with E-state index >= 15 is 0 Å². The highest BCUT2D eigenvalue weighted by Crippen LogP contribution is 2.14. The largest absolute Gasteiger partial charge is 0.329 e. The lowest BCUT2D eigenvalue weighted by Gasteiger charge is -2.20. The fraction of sp³-hybridized carbons (Fsp3) is 0.400. The van der Waals surface area contributed by atoms with Crippen molar-refractivity contribution in [2.24, 2.45) is 0 Å². The van der Waals surface area contributed by atoms with Crippen LogP contribution in [-0.2, 0) is 5.54 Å². The van der Waals surface area contributed by atoms with E-state index in [0.29, 0.717) is 10.2 Å². The lowest BCUT2D eigenvalue weighted by atomic mass is 10.1. The summed E-state index contributed by atoms with van der Waals surface area (Å²) in [5, 5.41) is 1.80. The Balaban J connectivity index is 2.98. The van der Waals surface area contributed by atoms with E-state index in [2.05, 4.69) is 4.98 Å². The number of hydrogen-bond donors (Lipinski definition) is 1. The number of rotatable bonds is 0. The Morgan fingerprint density at radius 3 is 2.60 bits per heavy atom. The second-order valence-corrected chi connectivity index (χ2v) is 5.32. The van der Waals surface area contributed by atoms with E-state index in [4.69, 9.17) is 0 Å². The first-order valence-corrected chi connectivity index (χ1v) is 5.52. The predicted molar refractivity (Wildman–Crippen MR) is 61.7 cm³/mol. The molecule has 2 heterocycles. The van der Waals surface area contributed by atoms with Crippen molar-refractivity contribution >= 4 is 21.6 Å². The van der Waals surface area contributed by atoms with Crippen LogP contribution >= 0.6 is 11.3 Å². The van der Waals surface area contributed by atoms with Gasteiger partial charge in [-0.05, 0) is 32.2 Å². The van der Waals surface area contributed by atoms with Crippen molar-refractivity contribution in [2.45, 2.75) is 26.3 Å². The number of aromatic nitrogens is 2. The van der Waals surface area contributed by atoms with Crippen molar-refractivity contribution in [3.05, 3.63) is 32.3 Å². The minimum atomic E-state index is -0.497. The lowest BCUT2D eigenvalue weighted by Crippen LogP contribution is -2.44. The maximum atomic E-state index is 12.0. The van der Waals surface area contributed by atoms with Gasteiger partial charge in [-0.25, -0.2) is 4.79 Å². The van der Waals surface area contributed by atoms with Crippen LogP contribution in [0.15, 0.2) is 21.0 Å². The van der Waals surface area contributed by atoms with Gasteiger partial charge in [0.25, 0.3) is 5.56 Å². The third kappa shape index (κ3) is 1.52. The highest BCUT2D eigenvalue weighted by molar-refractivity contribution is 7.17. The first-order chi connectivity index (χ1) is 6.91. The summed E-state index contributed by atoms with van der Waals surface area (Å²) in [7, 11) is 0. The molecule has 0 saturated heterocycles. The van der Waals surface area contributed by atoms with Crippen LogP contribution in [-0.4, -0.2) is 9.55 Å². The molecule has 2 aromatic heterocycles. The van der Waals surface area contributed by atoms with E-state index in [0.717, 1.165) is 0 Å². The van der Waals surface area contributed by atoms with Gasteiger partial charge in [0.1, 0.15) is 4.70 Å². The van der Waals surface area contributed by atoms with Gasteiger partial charge >= 0.3 is 5.69 Å². The number of nitrogens with zero attached hydrogens (tertiary/aromatic N) is 1. The highest BCUT2D eigenvalue weighted by Gasteiger charge is 2.19. The molecule has 0 aliphatic rings. The van der Waals surface area contributed by atoms with Crippen LogP contribution in [0.1, 0.15) is 20.8 Å². The molecule has 1 N–H and O–H groups in total. The zero-order chi connectivity index (χ0) is 11.2. The Bertz CT molecular complexity index is 613. The molecular weight excluding hydrogens is 212 g/mol. The molecule has 0 spiro atoms. The molecule has 2 rings (SSSR count). The number of aromatic amines is 1. The number of nitrogens with one attached hydrogen (secondary N) is 1. The zero-order valence-electron chi connectivity index (χ0n) is 8.83. The maximum Gasteiger partial charge on any atom is 0.329 e. The molecule has 80 valence electrons. The van der Waals surface area contributed by atoms with Crippen molar-refractivity contribution in [1.29, 1.82) is 0 Å². The summed E-state index contributed by atoms with van der Waals surface area (Å²) in [5.41, 5.74) is -0.437. The minimum Gasteiger partial charge on any atom is -0.306 e. The molecule has 0 aromatic carbocycles. The molecule has 2 aromatic rings. The summed E-state index contributed by atoms with van der Waals surface area (Å²) in [4.78, 5) is 26.4. The Morgan fingerprint density at radius 2 is 2.00 bits per heavy atom. The lowest BCUT2D eigenvalue weighted by molar-refractivity contribution is 0.370. The number of thiophene rings is 1. The molecule has 5 heteroatoms. The normalized spacial score (nSPS) is 12.2. The average Bonchev–Trinajstić information content (AvgIpc) is 2.48. The van der Waals surface area contributed by atoms with Gasteiger partial charge in [-0.3, -0.25) is 9.36 Å². The third-order valence-electron chi connectivity index (χ3n) is 2.18. The third-order valence-corrected chi connectivity index (χ3v) is 3.08. The van der Waals surface area contributed by atoms with Gasteiger partial charge < -0.3 is 4.98 Å². The highest BCUT2D eigenvalue weighted by atomic mass is 32.1. The molecule has 0 saturated carbocycles. The van der Waals surface area contributed by atoms with E-state index in [1.54, 1.807) is 11.4 Å². The Labute approximate surface area is 90.2 Å². The van der Waals surface area contributed by atoms with Crippen molar-refractivity contribution < 1.29 is 0 Å². The van der Waals surface area contributed by atoms with Gasteiger partial charge in [-0.2, -0.15) is 0 Å². The van der Waals surface area contributed by atoms with E-state index < -0.39 is 5.54 Å². The Kier molecular flexibility index (Phi) is 2.08. The van der Waals surface area contributed by atoms with Crippen molar-refractivity contribution in [2.75, 3.05) is 0 Å². The molecule has 0 bridgehead atoms. The number of fused-ring (bicyclic) bond motifs is 1. The Hall–Kier alpha value is -1.36. The topological polar surface area (TPSA) is 54.9 Å². The fourth-order valence-corrected chi connectivity index (χ4v) is 2.33. The van der Waals surface area contributed by atoms with Crippen LogP contribution in [0, 0.1) is 0 Å². The quantitative estimate of drug-likeness (QED) is 0.737. The van der Waals surface area contributed by atoms with E-state index in [-0.39, 0.29) is 11.2 Å². The molecule has 0 unspecified atom stereocenters. The van der Waals surface area contributed by atoms with Crippen molar-refractivity contribution in [3.8, 4) is 0 Å². The fourth-order valence-electron chi connectivity index (χ4n) is 1.55. The van der Waals surface area contributed by atoms with Gasteiger partial charge in [0.2, 0.25) is 0 Å². The van der Waals surface area contributed by atoms with Gasteiger partial charge in [-0.1, -0.05) is 0 Å². The van der Waals surface area contributed by atoms with Gasteiger partial charge in [0.05, 0.1) is 5.52 Å². The van der Waals surface area contributed by atoms with Crippen LogP contribution in [0.3, 0.4) is 0 Å². The monoisotopic (exact) mass is 224 g/mol. The average molecular weight is 224 g/mol. The van der Waals surface area contributed by atoms with Gasteiger partial charge in [0, 0.05) is 5.54 Å². The minimum absolute atomic E-state index is 0.212.